The minimum absolute atomic E-state index is 0.965. The Morgan fingerprint density at radius 1 is 0.326 bits per heavy atom. The number of hydrogen-bond acceptors (Lipinski definition) is 0. The van der Waals surface area contributed by atoms with E-state index in [1.54, 1.807) is 112 Å². The van der Waals surface area contributed by atoms with Gasteiger partial charge in [-0.15, -0.1) is 0 Å². The quantitative estimate of drug-likeness (QED) is 0.286. The molecule has 0 nitrogen and oxygen atoms in total. The van der Waals surface area contributed by atoms with Crippen LogP contribution < -0.4 is 0 Å². The molecule has 2 aromatic rings. The van der Waals surface area contributed by atoms with Crippen molar-refractivity contribution in [3.05, 3.63) is 46.0 Å². The van der Waals surface area contributed by atoms with Crippen LogP contribution in [-0.2, 0) is 19.3 Å². The van der Waals surface area contributed by atoms with E-state index >= 15 is 0 Å². The average Bonchev–Trinajstić information content (AvgIpc) is 3.13. The van der Waals surface area contributed by atoms with Crippen LogP contribution in [0.4, 0.5) is 0 Å². The maximum Gasteiger partial charge on any atom is -0.0120 e. The fourth-order valence-corrected chi connectivity index (χ4v) is 29.9. The number of aryl methyl sites for hydroxylation is 3. The normalized spacial score (nSPS) is 49.3. The van der Waals surface area contributed by atoms with Gasteiger partial charge in [0.1, 0.15) is 0 Å². The smallest absolute Gasteiger partial charge is 0.0120 e. The summed E-state index contributed by atoms with van der Waals surface area (Å²) in [5, 5.41) is 3.02. The van der Waals surface area contributed by atoms with Crippen LogP contribution in [0, 0.1) is 197 Å². The molecule has 0 bridgehead atoms. The lowest BCUT2D eigenvalue weighted by Gasteiger charge is -2.56. The number of benzene rings is 2. The molecule has 13 fully saturated rings. The van der Waals surface area contributed by atoms with Crippen molar-refractivity contribution in [3.8, 4) is 0 Å². The molecule has 0 aliphatic heterocycles. The third-order valence-electron chi connectivity index (χ3n) is 33.7. The van der Waals surface area contributed by atoms with Gasteiger partial charge in [-0.05, 0) is 339 Å². The van der Waals surface area contributed by atoms with Gasteiger partial charge in [0, 0.05) is 0 Å². The van der Waals surface area contributed by atoms with E-state index in [1.165, 1.54) is 119 Å². The van der Waals surface area contributed by atoms with Gasteiger partial charge >= 0.3 is 0 Å². The van der Waals surface area contributed by atoms with Crippen molar-refractivity contribution < 1.29 is 0 Å². The van der Waals surface area contributed by atoms with E-state index in [9.17, 15) is 0 Å². The maximum atomic E-state index is 2.67. The predicted molar refractivity (Wildman–Crippen MR) is 370 cm³/mol. The zero-order chi connectivity index (χ0) is 60.0. The summed E-state index contributed by atoms with van der Waals surface area (Å²) >= 11 is 0. The molecule has 0 spiro atoms. The summed E-state index contributed by atoms with van der Waals surface area (Å²) in [6.07, 6.45) is 46.9. The summed E-state index contributed by atoms with van der Waals surface area (Å²) in [6, 6.07) is 7.23. The molecule has 0 heterocycles. The van der Waals surface area contributed by atoms with Gasteiger partial charge in [-0.3, -0.25) is 0 Å². The van der Waals surface area contributed by atoms with Gasteiger partial charge in [0.2, 0.25) is 0 Å². The van der Waals surface area contributed by atoms with Crippen molar-refractivity contribution in [1.29, 1.82) is 0 Å². The Morgan fingerprint density at radius 2 is 0.779 bits per heavy atom. The average molecular weight is 1170 g/mol. The Labute approximate surface area is 533 Å². The molecule has 13 saturated carbocycles. The monoisotopic (exact) mass is 1170 g/mol. The van der Waals surface area contributed by atoms with Crippen LogP contribution in [0.3, 0.4) is 0 Å². The van der Waals surface area contributed by atoms with Gasteiger partial charge in [-0.1, -0.05) is 198 Å². The van der Waals surface area contributed by atoms with E-state index < -0.39 is 0 Å². The topological polar surface area (TPSA) is 0 Å². The molecule has 482 valence electrons. The number of fused-ring (bicyclic) bond motifs is 14. The molecule has 86 heavy (non-hydrogen) atoms. The molecule has 31 atom stereocenters. The third-order valence-corrected chi connectivity index (χ3v) is 33.7. The summed E-state index contributed by atoms with van der Waals surface area (Å²) in [5.74, 6) is 33.0. The van der Waals surface area contributed by atoms with Gasteiger partial charge in [0.05, 0.1) is 0 Å². The Kier molecular flexibility index (Phi) is 19.6. The van der Waals surface area contributed by atoms with Crippen molar-refractivity contribution in [1.82, 2.24) is 0 Å². The number of rotatable bonds is 4. The molecule has 0 heteroatoms. The molecular formula is C86H138. The van der Waals surface area contributed by atoms with Crippen LogP contribution in [0.2, 0.25) is 0 Å². The van der Waals surface area contributed by atoms with E-state index in [1.807, 2.05) is 0 Å². The highest BCUT2D eigenvalue weighted by Crippen LogP contribution is 2.67. The van der Waals surface area contributed by atoms with Crippen LogP contribution in [-0.4, -0.2) is 0 Å². The lowest BCUT2D eigenvalue weighted by Crippen LogP contribution is -2.49. The second-order valence-electron chi connectivity index (χ2n) is 36.2. The van der Waals surface area contributed by atoms with Crippen LogP contribution in [0.25, 0.3) is 10.8 Å². The van der Waals surface area contributed by atoms with Gasteiger partial charge < -0.3 is 0 Å². The summed E-state index contributed by atoms with van der Waals surface area (Å²) < 4.78 is 0. The molecule has 0 radical (unpaired) electrons. The summed E-state index contributed by atoms with van der Waals surface area (Å²) in [5.41, 5.74) is 7.99. The van der Waals surface area contributed by atoms with E-state index in [0.29, 0.717) is 0 Å². The molecule has 0 saturated heterocycles. The van der Waals surface area contributed by atoms with E-state index in [0.717, 1.165) is 190 Å². The molecule has 0 amide bonds. The predicted octanol–water partition coefficient (Wildman–Crippen LogP) is 24.5. The van der Waals surface area contributed by atoms with E-state index in [4.69, 9.17) is 0 Å². The first-order valence-electron chi connectivity index (χ1n) is 40.2. The minimum atomic E-state index is 0.965. The van der Waals surface area contributed by atoms with Crippen LogP contribution in [0.15, 0.2) is 18.2 Å². The van der Waals surface area contributed by atoms with Crippen molar-refractivity contribution in [2.75, 3.05) is 0 Å². The van der Waals surface area contributed by atoms with Crippen LogP contribution >= 0.6 is 0 Å². The first-order chi connectivity index (χ1) is 41.6. The zero-order valence-electron chi connectivity index (χ0n) is 59.1. The van der Waals surface area contributed by atoms with Gasteiger partial charge in [0.15, 0.2) is 0 Å². The summed E-state index contributed by atoms with van der Waals surface area (Å²) in [4.78, 5) is 0. The van der Waals surface area contributed by atoms with Crippen LogP contribution in [0.5, 0.6) is 0 Å². The molecule has 23 unspecified atom stereocenters. The third kappa shape index (κ3) is 11.3. The first kappa shape index (κ1) is 63.5. The maximum absolute atomic E-state index is 2.67. The van der Waals surface area contributed by atoms with E-state index in [2.05, 4.69) is 115 Å². The Morgan fingerprint density at radius 3 is 1.43 bits per heavy atom. The second kappa shape index (κ2) is 26.6. The standard InChI is InChI=1S/2C22H38.C22H28.C20H34/c1-5-16-10-18-12-19-11-17-8-6-7-9-20(17)14(3)22(19)15(4)21(18)13(16)2;1-5-16-10-11-19-20-12-17-8-6-7-9-18(17)14(3)22(20)15(4)21(19)13(16)2;1-4-16-9-10-19-12-20-11-17-7-5-6-8-18(17)13-21(20)15(3)22(19)14(16)2;1-4-14-9-19-18-11-16-8-6-5-7-15(16)10-17(18)13(3)20(19)12(14)2/h2*13-22H,5-12H2,1-4H3;9-10,12,17-18H,4-8,11,13H2,1-3H3;12-20H,4-11H2,1-3H3/t13?,14?,15?,16?,17-,18?,19?,20+,21?,22?;13?,14?,15?,16?,17-,18+,19?,20?,21?,22?;17-,18+;12?,13?,14?,15-,16+,17?,18?,19?,20?/m1110/s1. The SMILES string of the molecule is CCC1CC2C3C[C@H]4CCCC[C@H]4CC3C(C)C2C1C.CCC1CC2CC3C[C@H]4CCCC[C@H]4C(C)C3C(C)C2C1C.CCC1CCC2C3C[C@H]4CCCC[C@H]4C(C)C3C(C)C2C1C.CCc1ccc2cc3c(c(C)c2c1C)C[C@@H]1CCCC[C@@H]1C3. The van der Waals surface area contributed by atoms with Crippen LogP contribution in [0.1, 0.15) is 291 Å². The molecule has 14 aliphatic carbocycles. The zero-order valence-corrected chi connectivity index (χ0v) is 59.1. The minimum Gasteiger partial charge on any atom is -0.0651 e. The fraction of sp³-hybridized carbons (Fsp3) is 0.884. The second-order valence-corrected chi connectivity index (χ2v) is 36.2. The van der Waals surface area contributed by atoms with Gasteiger partial charge in [-0.2, -0.15) is 0 Å². The Balaban J connectivity index is 0.000000106. The Bertz CT molecular complexity index is 2550. The van der Waals surface area contributed by atoms with Crippen molar-refractivity contribution >= 4 is 10.8 Å². The van der Waals surface area contributed by atoms with Crippen molar-refractivity contribution in [2.24, 2.45) is 183 Å². The van der Waals surface area contributed by atoms with Gasteiger partial charge in [-0.25, -0.2) is 0 Å². The summed E-state index contributed by atoms with van der Waals surface area (Å²) in [6.45, 7) is 35.4. The Hall–Kier alpha value is -1.30. The van der Waals surface area contributed by atoms with E-state index in [-0.39, 0.29) is 0 Å². The molecular weight excluding hydrogens is 1030 g/mol. The fourth-order valence-electron chi connectivity index (χ4n) is 29.9. The molecule has 0 aromatic heterocycles. The molecule has 14 aliphatic rings. The molecule has 16 rings (SSSR count). The first-order valence-corrected chi connectivity index (χ1v) is 40.2. The lowest BCUT2D eigenvalue weighted by atomic mass is 9.49. The lowest BCUT2D eigenvalue weighted by molar-refractivity contribution is -0.0697. The largest absolute Gasteiger partial charge is 0.0651 e. The summed E-state index contributed by atoms with van der Waals surface area (Å²) in [7, 11) is 0. The highest BCUT2D eigenvalue weighted by molar-refractivity contribution is 5.91. The highest BCUT2D eigenvalue weighted by Gasteiger charge is 2.60. The molecule has 0 N–H and O–H groups in total. The van der Waals surface area contributed by atoms with Gasteiger partial charge in [0.25, 0.3) is 0 Å². The van der Waals surface area contributed by atoms with Crippen molar-refractivity contribution in [3.63, 3.8) is 0 Å². The number of hydrogen-bond donors (Lipinski definition) is 0. The molecule has 2 aromatic carbocycles. The van der Waals surface area contributed by atoms with Crippen molar-refractivity contribution in [2.45, 2.75) is 296 Å². The highest BCUT2D eigenvalue weighted by atomic mass is 14.7.